The Morgan fingerprint density at radius 3 is 1.00 bits per heavy atom. The van der Waals surface area contributed by atoms with Gasteiger partial charge in [0.25, 0.3) is 0 Å². The molecule has 14 nitrogen and oxygen atoms in total. The Balaban J connectivity index is 1.66. The lowest BCUT2D eigenvalue weighted by Crippen LogP contribution is -2.61. The predicted molar refractivity (Wildman–Crippen MR) is 239 cm³/mol. The van der Waals surface area contributed by atoms with Crippen molar-refractivity contribution in [3.8, 4) is 0 Å². The monoisotopic (exact) mass is 903 g/mol. The summed E-state index contributed by atoms with van der Waals surface area (Å²) in [6.45, 7) is 11.3. The Hall–Kier alpha value is -1.46. The van der Waals surface area contributed by atoms with Gasteiger partial charge >= 0.3 is 11.9 Å². The average molecular weight is 903 g/mol. The summed E-state index contributed by atoms with van der Waals surface area (Å²) < 4.78 is 35.7. The van der Waals surface area contributed by atoms with Crippen molar-refractivity contribution in [1.82, 2.24) is 0 Å². The van der Waals surface area contributed by atoms with Crippen LogP contribution in [0.4, 0.5) is 0 Å². The van der Waals surface area contributed by atoms with Gasteiger partial charge in [0.15, 0.2) is 12.6 Å². The molecule has 0 spiro atoms. The van der Waals surface area contributed by atoms with Gasteiger partial charge in [-0.15, -0.1) is 0 Å². The van der Waals surface area contributed by atoms with Crippen molar-refractivity contribution in [2.45, 2.75) is 263 Å². The number of aliphatic hydroxyl groups excluding tert-OH is 6. The highest BCUT2D eigenvalue weighted by Gasteiger charge is 2.49. The minimum absolute atomic E-state index is 0.386. The largest absolute Gasteiger partial charge is 0.463 e. The number of unbranched alkanes of at least 4 members (excludes halogenated alkanes) is 17. The molecule has 14 atom stereocenters. The van der Waals surface area contributed by atoms with Crippen molar-refractivity contribution < 1.29 is 68.6 Å². The van der Waals surface area contributed by atoms with Crippen LogP contribution in [0.2, 0.25) is 0 Å². The second kappa shape index (κ2) is 30.8. The minimum atomic E-state index is -1.69. The average Bonchev–Trinajstić information content (AvgIpc) is 3.25. The zero-order chi connectivity index (χ0) is 46.3. The van der Waals surface area contributed by atoms with Gasteiger partial charge in [0.1, 0.15) is 62.0 Å². The fraction of sp³-hybridized carbons (Fsp3) is 0.959. The van der Waals surface area contributed by atoms with Crippen LogP contribution in [0.3, 0.4) is 0 Å². The molecular formula is C49H90O14. The summed E-state index contributed by atoms with van der Waals surface area (Å²) in [6.07, 6.45) is 7.13. The number of fused-ring (bicyclic) bond motifs is 4. The summed E-state index contributed by atoms with van der Waals surface area (Å²) in [5, 5.41) is 65.5. The fourth-order valence-corrected chi connectivity index (χ4v) is 8.89. The van der Waals surface area contributed by atoms with E-state index in [0.717, 1.165) is 63.2 Å². The Morgan fingerprint density at radius 2 is 0.698 bits per heavy atom. The van der Waals surface area contributed by atoms with Crippen molar-refractivity contribution in [2.24, 2.45) is 23.7 Å². The lowest BCUT2D eigenvalue weighted by molar-refractivity contribution is -0.320. The molecule has 6 N–H and O–H groups in total. The summed E-state index contributed by atoms with van der Waals surface area (Å²) in [5.41, 5.74) is 0. The normalized spacial score (nSPS) is 33.8. The summed E-state index contributed by atoms with van der Waals surface area (Å²) in [7, 11) is 0. The fourth-order valence-electron chi connectivity index (χ4n) is 8.89. The third-order valence-electron chi connectivity index (χ3n) is 13.4. The van der Waals surface area contributed by atoms with Gasteiger partial charge in [-0.1, -0.05) is 163 Å². The van der Waals surface area contributed by atoms with Crippen LogP contribution >= 0.6 is 0 Å². The first-order valence-corrected chi connectivity index (χ1v) is 25.2. The minimum Gasteiger partial charge on any atom is -0.463 e. The highest BCUT2D eigenvalue weighted by atomic mass is 16.7. The van der Waals surface area contributed by atoms with Crippen molar-refractivity contribution in [3.05, 3.63) is 0 Å². The molecule has 3 aliphatic heterocycles. The number of aliphatic hydroxyl groups is 6. The van der Waals surface area contributed by atoms with Crippen LogP contribution in [0, 0.1) is 23.7 Å². The molecule has 4 bridgehead atoms. The number of cyclic esters (lactones) is 2. The van der Waals surface area contributed by atoms with Crippen LogP contribution in [0.5, 0.6) is 0 Å². The molecule has 3 aliphatic rings. The summed E-state index contributed by atoms with van der Waals surface area (Å²) in [6, 6.07) is 0. The van der Waals surface area contributed by atoms with Crippen molar-refractivity contribution in [1.29, 1.82) is 0 Å². The van der Waals surface area contributed by atoms with E-state index in [-0.39, 0.29) is 0 Å². The molecule has 3 rings (SSSR count). The van der Waals surface area contributed by atoms with E-state index in [1.807, 2.05) is 0 Å². The van der Waals surface area contributed by atoms with Gasteiger partial charge < -0.3 is 59.1 Å². The van der Waals surface area contributed by atoms with Crippen LogP contribution in [0.15, 0.2) is 0 Å². The van der Waals surface area contributed by atoms with E-state index in [1.54, 1.807) is 13.8 Å². The molecule has 0 radical (unpaired) electrons. The SMILES string of the molecule is CC(C)CCCCCCCCCCCCC1OC2OC(COC(=O)C(C)C(CCCCCCCCCCCC(C)C)OC3OC(COC(=O)C1C)C(O)C(O)C3O)C(O)C(O)C2O. The molecule has 370 valence electrons. The topological polar surface area (TPSA) is 211 Å². The van der Waals surface area contributed by atoms with Gasteiger partial charge in [0, 0.05) is 0 Å². The molecule has 3 fully saturated rings. The van der Waals surface area contributed by atoms with E-state index in [1.165, 1.54) is 70.6 Å². The van der Waals surface area contributed by atoms with Crippen molar-refractivity contribution in [2.75, 3.05) is 13.2 Å². The Bertz CT molecular complexity index is 1220. The molecule has 14 heteroatoms. The molecule has 0 aromatic carbocycles. The van der Waals surface area contributed by atoms with Crippen molar-refractivity contribution in [3.63, 3.8) is 0 Å². The van der Waals surface area contributed by atoms with Gasteiger partial charge in [-0.2, -0.15) is 0 Å². The molecule has 3 heterocycles. The zero-order valence-corrected chi connectivity index (χ0v) is 39.9. The first kappa shape index (κ1) is 55.9. The van der Waals surface area contributed by atoms with Crippen LogP contribution in [0.25, 0.3) is 0 Å². The van der Waals surface area contributed by atoms with E-state index in [9.17, 15) is 40.2 Å². The molecular weight excluding hydrogens is 813 g/mol. The van der Waals surface area contributed by atoms with Gasteiger partial charge in [0.2, 0.25) is 0 Å². The molecule has 14 unspecified atom stereocenters. The summed E-state index contributed by atoms with van der Waals surface area (Å²) in [4.78, 5) is 27.3. The van der Waals surface area contributed by atoms with E-state index in [4.69, 9.17) is 28.4 Å². The lowest BCUT2D eigenvalue weighted by Gasteiger charge is -2.43. The maximum atomic E-state index is 13.6. The Kier molecular flexibility index (Phi) is 27.3. The van der Waals surface area contributed by atoms with Crippen LogP contribution < -0.4 is 0 Å². The van der Waals surface area contributed by atoms with E-state index in [0.29, 0.717) is 25.7 Å². The first-order valence-electron chi connectivity index (χ1n) is 25.2. The molecule has 0 amide bonds. The van der Waals surface area contributed by atoms with Crippen molar-refractivity contribution >= 4 is 11.9 Å². The zero-order valence-electron chi connectivity index (χ0n) is 39.9. The number of hydrogen-bond acceptors (Lipinski definition) is 14. The number of carbonyl (C=O) groups is 2. The third-order valence-corrected chi connectivity index (χ3v) is 13.4. The Labute approximate surface area is 379 Å². The maximum absolute atomic E-state index is 13.6. The molecule has 0 saturated carbocycles. The van der Waals surface area contributed by atoms with E-state index < -0.39 is 111 Å². The number of esters is 2. The highest BCUT2D eigenvalue weighted by molar-refractivity contribution is 5.73. The lowest BCUT2D eigenvalue weighted by atomic mass is 9.95. The van der Waals surface area contributed by atoms with Gasteiger partial charge in [-0.3, -0.25) is 9.59 Å². The number of hydrogen-bond donors (Lipinski definition) is 6. The van der Waals surface area contributed by atoms with Gasteiger partial charge in [-0.25, -0.2) is 0 Å². The first-order chi connectivity index (χ1) is 30.1. The summed E-state index contributed by atoms with van der Waals surface area (Å²) >= 11 is 0. The van der Waals surface area contributed by atoms with E-state index in [2.05, 4.69) is 27.7 Å². The quantitative estimate of drug-likeness (QED) is 0.0402. The van der Waals surface area contributed by atoms with Crippen LogP contribution in [0.1, 0.15) is 189 Å². The van der Waals surface area contributed by atoms with E-state index >= 15 is 0 Å². The molecule has 0 aromatic rings. The van der Waals surface area contributed by atoms with Gasteiger partial charge in [-0.05, 0) is 38.5 Å². The highest BCUT2D eigenvalue weighted by Crippen LogP contribution is 2.31. The maximum Gasteiger partial charge on any atom is 0.311 e. The molecule has 3 saturated heterocycles. The number of ether oxygens (including phenoxy) is 6. The second-order valence-electron chi connectivity index (χ2n) is 19.9. The number of carbonyl (C=O) groups excluding carboxylic acids is 2. The standard InChI is InChI=1S/C49H90O14/c1-32(2)26-22-18-14-10-7-8-12-16-20-24-28-36-34(5)46(56)58-30-39-41(51)43(53)45(55)49(63-39)61-37(29-25-21-17-13-9-11-15-19-23-27-33(3)4)35(6)47(57)59-31-38-40(50)42(52)44(54)48(60-36)62-38/h32-45,48-55H,7-31H2,1-6H3. The number of rotatable bonds is 25. The van der Waals surface area contributed by atoms with Crippen LogP contribution in [-0.4, -0.2) is 129 Å². The van der Waals surface area contributed by atoms with Crippen LogP contribution in [-0.2, 0) is 38.0 Å². The molecule has 0 aromatic heterocycles. The molecule has 63 heavy (non-hydrogen) atoms. The van der Waals surface area contributed by atoms with Gasteiger partial charge in [0.05, 0.1) is 24.0 Å². The molecule has 0 aliphatic carbocycles. The summed E-state index contributed by atoms with van der Waals surface area (Å²) in [5.74, 6) is -1.73. The second-order valence-corrected chi connectivity index (χ2v) is 19.9. The third kappa shape index (κ3) is 20.1. The smallest absolute Gasteiger partial charge is 0.311 e. The Morgan fingerprint density at radius 1 is 0.413 bits per heavy atom. The predicted octanol–water partition coefficient (Wildman–Crippen LogP) is 7.03.